The second-order valence-electron chi connectivity index (χ2n) is 6.30. The molecule has 2 aliphatic carbocycles. The Kier molecular flexibility index (Phi) is 4.16. The fourth-order valence-electron chi connectivity index (χ4n) is 4.06. The van der Waals surface area contributed by atoms with Crippen molar-refractivity contribution in [3.63, 3.8) is 0 Å². The monoisotopic (exact) mass is 295 g/mol. The molecule has 0 aliphatic heterocycles. The summed E-state index contributed by atoms with van der Waals surface area (Å²) in [5.74, 6) is -1.41. The SMILES string of the molecule is CCNC1CC(Oc2c(F)cccc2F)C12CCCCC2. The van der Waals surface area contributed by atoms with Gasteiger partial charge in [-0.05, 0) is 31.5 Å². The van der Waals surface area contributed by atoms with Crippen LogP contribution in [0, 0.1) is 17.0 Å². The molecular weight excluding hydrogens is 272 g/mol. The van der Waals surface area contributed by atoms with E-state index in [0.29, 0.717) is 6.04 Å². The maximum absolute atomic E-state index is 13.8. The highest BCUT2D eigenvalue weighted by atomic mass is 19.1. The first-order valence-corrected chi connectivity index (χ1v) is 8.01. The highest BCUT2D eigenvalue weighted by Crippen LogP contribution is 2.53. The molecule has 0 amide bonds. The van der Waals surface area contributed by atoms with Crippen LogP contribution in [0.25, 0.3) is 0 Å². The zero-order valence-electron chi connectivity index (χ0n) is 12.5. The van der Waals surface area contributed by atoms with Gasteiger partial charge in [-0.2, -0.15) is 0 Å². The second kappa shape index (κ2) is 5.91. The van der Waals surface area contributed by atoms with Crippen molar-refractivity contribution in [1.29, 1.82) is 0 Å². The standard InChI is InChI=1S/C17H23F2NO/c1-2-20-14-11-15(17(14)9-4-3-5-10-17)21-16-12(18)7-6-8-13(16)19/h6-8,14-15,20H,2-5,9-11H2,1H3. The Labute approximate surface area is 124 Å². The summed E-state index contributed by atoms with van der Waals surface area (Å²) in [4.78, 5) is 0. The Morgan fingerprint density at radius 2 is 1.86 bits per heavy atom. The lowest BCUT2D eigenvalue weighted by Gasteiger charge is -2.57. The number of ether oxygens (including phenoxy) is 1. The van der Waals surface area contributed by atoms with Gasteiger partial charge < -0.3 is 10.1 Å². The van der Waals surface area contributed by atoms with Gasteiger partial charge in [0.2, 0.25) is 0 Å². The fraction of sp³-hybridized carbons (Fsp3) is 0.647. The molecule has 3 rings (SSSR count). The van der Waals surface area contributed by atoms with Gasteiger partial charge in [-0.3, -0.25) is 0 Å². The van der Waals surface area contributed by atoms with Gasteiger partial charge in [0.05, 0.1) is 0 Å². The van der Waals surface area contributed by atoms with Crippen LogP contribution in [0.1, 0.15) is 45.4 Å². The number of rotatable bonds is 4. The van der Waals surface area contributed by atoms with Crippen molar-refractivity contribution < 1.29 is 13.5 Å². The van der Waals surface area contributed by atoms with Gasteiger partial charge in [-0.15, -0.1) is 0 Å². The summed E-state index contributed by atoms with van der Waals surface area (Å²) in [6, 6.07) is 4.30. The van der Waals surface area contributed by atoms with Gasteiger partial charge in [-0.1, -0.05) is 32.3 Å². The van der Waals surface area contributed by atoms with Crippen molar-refractivity contribution in [3.05, 3.63) is 29.8 Å². The van der Waals surface area contributed by atoms with Gasteiger partial charge in [-0.25, -0.2) is 8.78 Å². The van der Waals surface area contributed by atoms with Crippen LogP contribution in [-0.2, 0) is 0 Å². The summed E-state index contributed by atoms with van der Waals surface area (Å²) in [6.45, 7) is 3.02. The van der Waals surface area contributed by atoms with Crippen LogP contribution in [0.4, 0.5) is 8.78 Å². The number of benzene rings is 1. The molecule has 1 N–H and O–H groups in total. The van der Waals surface area contributed by atoms with E-state index < -0.39 is 11.6 Å². The van der Waals surface area contributed by atoms with Crippen LogP contribution in [0.5, 0.6) is 5.75 Å². The first kappa shape index (κ1) is 14.8. The maximum Gasteiger partial charge on any atom is 0.191 e. The topological polar surface area (TPSA) is 21.3 Å². The number of hydrogen-bond acceptors (Lipinski definition) is 2. The molecule has 21 heavy (non-hydrogen) atoms. The van der Waals surface area contributed by atoms with Crippen LogP contribution in [0.15, 0.2) is 18.2 Å². The smallest absolute Gasteiger partial charge is 0.191 e. The largest absolute Gasteiger partial charge is 0.484 e. The van der Waals surface area contributed by atoms with Crippen LogP contribution < -0.4 is 10.1 Å². The van der Waals surface area contributed by atoms with Gasteiger partial charge in [0, 0.05) is 17.9 Å². The van der Waals surface area contributed by atoms with Crippen LogP contribution >= 0.6 is 0 Å². The van der Waals surface area contributed by atoms with Crippen LogP contribution in [-0.4, -0.2) is 18.7 Å². The highest BCUT2D eigenvalue weighted by molar-refractivity contribution is 5.27. The number of para-hydroxylation sites is 1. The predicted octanol–water partition coefficient (Wildman–Crippen LogP) is 4.04. The molecule has 4 heteroatoms. The highest BCUT2D eigenvalue weighted by Gasteiger charge is 2.56. The van der Waals surface area contributed by atoms with Crippen LogP contribution in [0.2, 0.25) is 0 Å². The summed E-state index contributed by atoms with van der Waals surface area (Å²) >= 11 is 0. The molecule has 1 spiro atoms. The quantitative estimate of drug-likeness (QED) is 0.905. The molecule has 0 radical (unpaired) electrons. The third-order valence-electron chi connectivity index (χ3n) is 5.20. The molecule has 0 heterocycles. The number of hydrogen-bond donors (Lipinski definition) is 1. The molecular formula is C17H23F2NO. The first-order chi connectivity index (χ1) is 10.2. The Hall–Kier alpha value is -1.16. The second-order valence-corrected chi connectivity index (χ2v) is 6.30. The lowest BCUT2D eigenvalue weighted by molar-refractivity contribution is -0.105. The molecule has 2 fully saturated rings. The normalized spacial score (nSPS) is 27.4. The summed E-state index contributed by atoms with van der Waals surface area (Å²) in [6.07, 6.45) is 6.55. The third-order valence-corrected chi connectivity index (χ3v) is 5.20. The number of nitrogens with one attached hydrogen (secondary N) is 1. The Morgan fingerprint density at radius 1 is 1.19 bits per heavy atom. The minimum atomic E-state index is -0.604. The lowest BCUT2D eigenvalue weighted by atomic mass is 9.55. The van der Waals surface area contributed by atoms with Crippen molar-refractivity contribution >= 4 is 0 Å². The van der Waals surface area contributed by atoms with Gasteiger partial charge in [0.1, 0.15) is 6.10 Å². The molecule has 116 valence electrons. The summed E-state index contributed by atoms with van der Waals surface area (Å²) in [7, 11) is 0. The van der Waals surface area contributed by atoms with Gasteiger partial charge in [0.25, 0.3) is 0 Å². The molecule has 0 aromatic heterocycles. The molecule has 2 atom stereocenters. The Morgan fingerprint density at radius 3 is 2.48 bits per heavy atom. The minimum absolute atomic E-state index is 0.0585. The third kappa shape index (κ3) is 2.54. The van der Waals surface area contributed by atoms with E-state index in [-0.39, 0.29) is 17.3 Å². The molecule has 1 aromatic carbocycles. The van der Waals surface area contributed by atoms with Crippen molar-refractivity contribution in [2.24, 2.45) is 5.41 Å². The Bertz CT molecular complexity index is 479. The van der Waals surface area contributed by atoms with E-state index >= 15 is 0 Å². The zero-order chi connectivity index (χ0) is 14.9. The molecule has 2 unspecified atom stereocenters. The Balaban J connectivity index is 1.79. The van der Waals surface area contributed by atoms with Crippen molar-refractivity contribution in [2.75, 3.05) is 6.54 Å². The van der Waals surface area contributed by atoms with Gasteiger partial charge in [0.15, 0.2) is 17.4 Å². The zero-order valence-corrected chi connectivity index (χ0v) is 12.5. The summed E-state index contributed by atoms with van der Waals surface area (Å²) in [5.41, 5.74) is 0.0585. The molecule has 0 bridgehead atoms. The van der Waals surface area contributed by atoms with Crippen molar-refractivity contribution in [1.82, 2.24) is 5.32 Å². The number of halogens is 2. The predicted molar refractivity (Wildman–Crippen MR) is 78.4 cm³/mol. The van der Waals surface area contributed by atoms with E-state index in [2.05, 4.69) is 12.2 Å². The maximum atomic E-state index is 13.8. The summed E-state index contributed by atoms with van der Waals surface area (Å²) < 4.78 is 33.4. The average molecular weight is 295 g/mol. The fourth-order valence-corrected chi connectivity index (χ4v) is 4.06. The molecule has 0 saturated heterocycles. The van der Waals surface area contributed by atoms with E-state index in [1.54, 1.807) is 0 Å². The van der Waals surface area contributed by atoms with E-state index in [1.165, 1.54) is 37.5 Å². The molecule has 1 aromatic rings. The minimum Gasteiger partial charge on any atom is -0.484 e. The van der Waals surface area contributed by atoms with Crippen molar-refractivity contribution in [2.45, 2.75) is 57.6 Å². The van der Waals surface area contributed by atoms with Gasteiger partial charge >= 0.3 is 0 Å². The molecule has 2 saturated carbocycles. The summed E-state index contributed by atoms with van der Waals surface area (Å²) in [5, 5.41) is 3.52. The lowest BCUT2D eigenvalue weighted by Crippen LogP contribution is -2.65. The van der Waals surface area contributed by atoms with Crippen LogP contribution in [0.3, 0.4) is 0 Å². The van der Waals surface area contributed by atoms with Crippen molar-refractivity contribution in [3.8, 4) is 5.75 Å². The average Bonchev–Trinajstić information content (AvgIpc) is 2.50. The van der Waals surface area contributed by atoms with E-state index in [9.17, 15) is 8.78 Å². The van der Waals surface area contributed by atoms with E-state index in [1.807, 2.05) is 0 Å². The first-order valence-electron chi connectivity index (χ1n) is 8.01. The molecule has 2 aliphatic rings. The molecule has 2 nitrogen and oxygen atoms in total. The van der Waals surface area contributed by atoms with E-state index in [4.69, 9.17) is 4.74 Å². The van der Waals surface area contributed by atoms with E-state index in [0.717, 1.165) is 25.8 Å².